The molecule has 0 bridgehead atoms. The van der Waals surface area contributed by atoms with E-state index in [0.29, 0.717) is 0 Å². The Morgan fingerprint density at radius 1 is 0.267 bits per heavy atom. The lowest BCUT2D eigenvalue weighted by Crippen LogP contribution is -1.96. The van der Waals surface area contributed by atoms with Crippen LogP contribution in [0.25, 0.3) is 111 Å². The van der Waals surface area contributed by atoms with Crippen LogP contribution in [-0.4, -0.2) is 14.1 Å². The van der Waals surface area contributed by atoms with E-state index in [1.54, 1.807) is 0 Å². The predicted molar refractivity (Wildman–Crippen MR) is 252 cm³/mol. The molecular weight excluding hydrogens is 727 g/mol. The fraction of sp³-hybridized carbons (Fsp3) is 0. The molecular formula is C57H37N3. The monoisotopic (exact) mass is 763 g/mol. The van der Waals surface area contributed by atoms with Crippen molar-refractivity contribution in [3.63, 3.8) is 0 Å². The molecule has 3 heteroatoms. The third kappa shape index (κ3) is 5.55. The van der Waals surface area contributed by atoms with Crippen molar-refractivity contribution in [1.29, 1.82) is 0 Å². The number of para-hydroxylation sites is 2. The van der Waals surface area contributed by atoms with Crippen LogP contribution in [0.2, 0.25) is 0 Å². The van der Waals surface area contributed by atoms with Gasteiger partial charge in [0.25, 0.3) is 0 Å². The summed E-state index contributed by atoms with van der Waals surface area (Å²) in [6.07, 6.45) is 0. The summed E-state index contributed by atoms with van der Waals surface area (Å²) in [5.74, 6) is 0. The van der Waals surface area contributed by atoms with Gasteiger partial charge in [-0.2, -0.15) is 0 Å². The lowest BCUT2D eigenvalue weighted by atomic mass is 9.99. The molecule has 0 aliphatic carbocycles. The quantitative estimate of drug-likeness (QED) is 0.165. The van der Waals surface area contributed by atoms with Gasteiger partial charge in [-0.05, 0) is 82.2 Å². The molecule has 3 aromatic heterocycles. The SMILES string of the molecule is c1ccc(-c2cc(-c3cccc(-n4c5ccccc5c5ccc(-c6ccc7c8ccccc8n(-c8cccc9ccccc89)c7c6)cc54)c3)cc(-c3ccccc3)n2)cc1. The van der Waals surface area contributed by atoms with Crippen LogP contribution in [0.5, 0.6) is 0 Å². The lowest BCUT2D eigenvalue weighted by molar-refractivity contribution is 1.18. The van der Waals surface area contributed by atoms with Crippen molar-refractivity contribution in [2.24, 2.45) is 0 Å². The first-order valence-corrected chi connectivity index (χ1v) is 20.5. The average molecular weight is 764 g/mol. The number of pyridine rings is 1. The normalized spacial score (nSPS) is 11.7. The second kappa shape index (κ2) is 13.8. The maximum atomic E-state index is 5.15. The minimum Gasteiger partial charge on any atom is -0.309 e. The highest BCUT2D eigenvalue weighted by atomic mass is 15.0. The van der Waals surface area contributed by atoms with Gasteiger partial charge < -0.3 is 9.13 Å². The second-order valence-corrected chi connectivity index (χ2v) is 15.6. The first-order valence-electron chi connectivity index (χ1n) is 20.5. The van der Waals surface area contributed by atoms with Crippen molar-refractivity contribution in [3.8, 4) is 56.1 Å². The van der Waals surface area contributed by atoms with Gasteiger partial charge in [-0.1, -0.05) is 170 Å². The number of fused-ring (bicyclic) bond motifs is 7. The molecule has 0 amide bonds. The largest absolute Gasteiger partial charge is 0.309 e. The minimum absolute atomic E-state index is 0.954. The lowest BCUT2D eigenvalue weighted by Gasteiger charge is -2.14. The van der Waals surface area contributed by atoms with E-state index in [1.807, 2.05) is 0 Å². The Morgan fingerprint density at radius 3 is 1.38 bits per heavy atom. The summed E-state index contributed by atoms with van der Waals surface area (Å²) < 4.78 is 4.88. The van der Waals surface area contributed by atoms with Crippen molar-refractivity contribution in [3.05, 3.63) is 224 Å². The molecule has 3 nitrogen and oxygen atoms in total. The summed E-state index contributed by atoms with van der Waals surface area (Å²) in [5.41, 5.74) is 15.8. The minimum atomic E-state index is 0.954. The summed E-state index contributed by atoms with van der Waals surface area (Å²) in [6.45, 7) is 0. The number of hydrogen-bond donors (Lipinski definition) is 0. The summed E-state index contributed by atoms with van der Waals surface area (Å²) in [4.78, 5) is 5.15. The van der Waals surface area contributed by atoms with Crippen molar-refractivity contribution >= 4 is 54.4 Å². The average Bonchev–Trinajstić information content (AvgIpc) is 3.84. The van der Waals surface area contributed by atoms with Gasteiger partial charge in [-0.3, -0.25) is 0 Å². The number of hydrogen-bond acceptors (Lipinski definition) is 1. The van der Waals surface area contributed by atoms with Gasteiger partial charge in [0.2, 0.25) is 0 Å². The van der Waals surface area contributed by atoms with Crippen LogP contribution in [-0.2, 0) is 0 Å². The van der Waals surface area contributed by atoms with Crippen LogP contribution in [0.3, 0.4) is 0 Å². The molecule has 0 fully saturated rings. The van der Waals surface area contributed by atoms with Crippen molar-refractivity contribution < 1.29 is 0 Å². The van der Waals surface area contributed by atoms with Gasteiger partial charge in [0.1, 0.15) is 0 Å². The van der Waals surface area contributed by atoms with Gasteiger partial charge >= 0.3 is 0 Å². The van der Waals surface area contributed by atoms with Crippen molar-refractivity contribution in [2.75, 3.05) is 0 Å². The molecule has 12 rings (SSSR count). The van der Waals surface area contributed by atoms with E-state index in [9.17, 15) is 0 Å². The number of aromatic nitrogens is 3. The van der Waals surface area contributed by atoms with Gasteiger partial charge in [-0.25, -0.2) is 4.98 Å². The Kier molecular flexibility index (Phi) is 7.85. The second-order valence-electron chi connectivity index (χ2n) is 15.6. The Bertz CT molecular complexity index is 3530. The standard InChI is InChI=1S/C57H37N3/c1-3-16-39(17-4-1)51-34-44(35-52(58-51)40-18-5-2-6-19-40)41-21-13-22-45(33-41)59-54-26-11-9-24-47(54)49-31-29-42(36-56(49)59)43-30-32-50-48-25-10-12-27-55(48)60(57(50)37-43)53-28-14-20-38-15-7-8-23-46(38)53/h1-37H. The summed E-state index contributed by atoms with van der Waals surface area (Å²) in [7, 11) is 0. The van der Waals surface area contributed by atoms with E-state index in [4.69, 9.17) is 4.98 Å². The van der Waals surface area contributed by atoms with Gasteiger partial charge in [0.05, 0.1) is 39.1 Å². The summed E-state index contributed by atoms with van der Waals surface area (Å²) in [6, 6.07) is 81.1. The molecule has 0 aliphatic heterocycles. The first kappa shape index (κ1) is 34.1. The topological polar surface area (TPSA) is 22.8 Å². The summed E-state index contributed by atoms with van der Waals surface area (Å²) >= 11 is 0. The van der Waals surface area contributed by atoms with Crippen molar-refractivity contribution in [2.45, 2.75) is 0 Å². The third-order valence-electron chi connectivity index (χ3n) is 12.1. The number of benzene rings is 9. The molecule has 280 valence electrons. The highest BCUT2D eigenvalue weighted by Gasteiger charge is 2.18. The van der Waals surface area contributed by atoms with E-state index in [2.05, 4.69) is 234 Å². The summed E-state index contributed by atoms with van der Waals surface area (Å²) in [5, 5.41) is 7.43. The molecule has 0 atom stereocenters. The van der Waals surface area contributed by atoms with Gasteiger partial charge in [0.15, 0.2) is 0 Å². The molecule has 0 saturated heterocycles. The van der Waals surface area contributed by atoms with Gasteiger partial charge in [-0.15, -0.1) is 0 Å². The van der Waals surface area contributed by atoms with E-state index >= 15 is 0 Å². The first-order chi connectivity index (χ1) is 29.7. The fourth-order valence-electron chi connectivity index (χ4n) is 9.28. The van der Waals surface area contributed by atoms with Gasteiger partial charge in [0, 0.05) is 43.7 Å². The molecule has 9 aromatic carbocycles. The molecule has 0 radical (unpaired) electrons. The van der Waals surface area contributed by atoms with Crippen LogP contribution < -0.4 is 0 Å². The molecule has 60 heavy (non-hydrogen) atoms. The number of nitrogens with zero attached hydrogens (tertiary/aromatic N) is 3. The number of rotatable bonds is 6. The zero-order chi connectivity index (χ0) is 39.6. The molecule has 0 unspecified atom stereocenters. The van der Waals surface area contributed by atoms with Crippen LogP contribution in [0, 0.1) is 0 Å². The van der Waals surface area contributed by atoms with E-state index in [1.165, 1.54) is 71.2 Å². The zero-order valence-corrected chi connectivity index (χ0v) is 32.7. The van der Waals surface area contributed by atoms with E-state index in [-0.39, 0.29) is 0 Å². The Hall–Kier alpha value is -8.01. The van der Waals surface area contributed by atoms with E-state index < -0.39 is 0 Å². The molecule has 12 aromatic rings. The van der Waals surface area contributed by atoms with Crippen molar-refractivity contribution in [1.82, 2.24) is 14.1 Å². The predicted octanol–water partition coefficient (Wildman–Crippen LogP) is 15.1. The Morgan fingerprint density at radius 2 is 0.733 bits per heavy atom. The Labute approximate surface area is 347 Å². The molecule has 0 spiro atoms. The van der Waals surface area contributed by atoms with Crippen LogP contribution in [0.15, 0.2) is 224 Å². The smallest absolute Gasteiger partial charge is 0.0715 e. The van der Waals surface area contributed by atoms with Crippen LogP contribution >= 0.6 is 0 Å². The molecule has 0 saturated carbocycles. The van der Waals surface area contributed by atoms with E-state index in [0.717, 1.165) is 39.3 Å². The molecule has 3 heterocycles. The fourth-order valence-corrected chi connectivity index (χ4v) is 9.28. The Balaban J connectivity index is 1.04. The highest BCUT2D eigenvalue weighted by Crippen LogP contribution is 2.40. The molecule has 0 aliphatic rings. The van der Waals surface area contributed by atoms with Crippen LogP contribution in [0.1, 0.15) is 0 Å². The van der Waals surface area contributed by atoms with Crippen LogP contribution in [0.4, 0.5) is 0 Å². The maximum Gasteiger partial charge on any atom is 0.0715 e. The third-order valence-corrected chi connectivity index (χ3v) is 12.1. The zero-order valence-electron chi connectivity index (χ0n) is 32.7. The maximum absolute atomic E-state index is 5.15. The highest BCUT2D eigenvalue weighted by molar-refractivity contribution is 6.13. The molecule has 0 N–H and O–H groups in total.